The number of hydrogen-bond acceptors (Lipinski definition) is 1. The van der Waals surface area contributed by atoms with Crippen LogP contribution in [0.1, 0.15) is 17.4 Å². The Balaban J connectivity index is 2.45. The zero-order chi connectivity index (χ0) is 13.8. The highest BCUT2D eigenvalue weighted by Gasteiger charge is 2.27. The first-order valence-electron chi connectivity index (χ1n) is 5.03. The summed E-state index contributed by atoms with van der Waals surface area (Å²) in [4.78, 5) is 0. The third kappa shape index (κ3) is 5.18. The lowest BCUT2D eigenvalue weighted by molar-refractivity contribution is -0.174. The quantitative estimate of drug-likeness (QED) is 0.448. The van der Waals surface area contributed by atoms with Gasteiger partial charge in [-0.05, 0) is 24.6 Å². The van der Waals surface area contributed by atoms with Crippen LogP contribution in [0, 0.1) is 11.6 Å². The predicted octanol–water partition coefficient (Wildman–Crippen LogP) is 4.21. The fourth-order valence-electron chi connectivity index (χ4n) is 1.28. The Bertz CT molecular complexity index is 394. The first-order valence-corrected chi connectivity index (χ1v) is 5.47. The predicted molar refractivity (Wildman–Crippen MR) is 56.4 cm³/mol. The number of benzene rings is 1. The van der Waals surface area contributed by atoms with E-state index in [2.05, 4.69) is 4.74 Å². The Labute approximate surface area is 106 Å². The fraction of sp³-hybridized carbons (Fsp3) is 0.455. The number of halogens is 6. The molecule has 1 nitrogen and oxygen atoms in total. The van der Waals surface area contributed by atoms with Crippen LogP contribution in [0.25, 0.3) is 0 Å². The average molecular weight is 289 g/mol. The number of ether oxygens (including phenoxy) is 1. The van der Waals surface area contributed by atoms with E-state index in [1.54, 1.807) is 0 Å². The maximum atomic E-state index is 13.2. The molecule has 1 unspecified atom stereocenters. The van der Waals surface area contributed by atoms with Gasteiger partial charge in [-0.2, -0.15) is 13.2 Å². The molecule has 1 rings (SSSR count). The fourth-order valence-corrected chi connectivity index (χ4v) is 1.54. The van der Waals surface area contributed by atoms with E-state index in [-0.39, 0.29) is 18.6 Å². The zero-order valence-corrected chi connectivity index (χ0v) is 9.86. The molecule has 1 aromatic rings. The minimum atomic E-state index is -4.41. The Hall–Kier alpha value is -0.880. The van der Waals surface area contributed by atoms with E-state index in [1.165, 1.54) is 0 Å². The molecule has 0 spiro atoms. The van der Waals surface area contributed by atoms with Gasteiger partial charge in [-0.25, -0.2) is 8.78 Å². The van der Waals surface area contributed by atoms with Crippen molar-refractivity contribution in [3.05, 3.63) is 35.4 Å². The van der Waals surface area contributed by atoms with Crippen LogP contribution in [-0.2, 0) is 4.74 Å². The summed E-state index contributed by atoms with van der Waals surface area (Å²) in [6.45, 7) is -1.67. The molecule has 0 radical (unpaired) electrons. The van der Waals surface area contributed by atoms with Gasteiger partial charge in [-0.15, -0.1) is 11.6 Å². The molecule has 0 aliphatic heterocycles. The van der Waals surface area contributed by atoms with Gasteiger partial charge >= 0.3 is 6.18 Å². The summed E-state index contributed by atoms with van der Waals surface area (Å²) in [5, 5.41) is -0.936. The molecule has 0 heterocycles. The van der Waals surface area contributed by atoms with Crippen molar-refractivity contribution in [3.63, 3.8) is 0 Å². The van der Waals surface area contributed by atoms with Crippen molar-refractivity contribution in [3.8, 4) is 0 Å². The van der Waals surface area contributed by atoms with E-state index >= 15 is 0 Å². The second-order valence-electron chi connectivity index (χ2n) is 3.59. The van der Waals surface area contributed by atoms with Gasteiger partial charge in [0.15, 0.2) is 0 Å². The van der Waals surface area contributed by atoms with E-state index in [0.29, 0.717) is 0 Å². The van der Waals surface area contributed by atoms with Crippen LogP contribution in [0.5, 0.6) is 0 Å². The highest BCUT2D eigenvalue weighted by Crippen LogP contribution is 2.27. The van der Waals surface area contributed by atoms with Crippen molar-refractivity contribution in [1.82, 2.24) is 0 Å². The van der Waals surface area contributed by atoms with Gasteiger partial charge in [-0.3, -0.25) is 0 Å². The van der Waals surface area contributed by atoms with Gasteiger partial charge in [0, 0.05) is 12.2 Å². The Morgan fingerprint density at radius 2 is 1.89 bits per heavy atom. The largest absolute Gasteiger partial charge is 0.411 e. The van der Waals surface area contributed by atoms with Crippen molar-refractivity contribution in [1.29, 1.82) is 0 Å². The molecule has 0 aliphatic carbocycles. The van der Waals surface area contributed by atoms with E-state index < -0.39 is 29.8 Å². The van der Waals surface area contributed by atoms with E-state index in [9.17, 15) is 22.0 Å². The van der Waals surface area contributed by atoms with Crippen LogP contribution in [0.3, 0.4) is 0 Å². The smallest absolute Gasteiger partial charge is 0.372 e. The first-order chi connectivity index (χ1) is 8.29. The van der Waals surface area contributed by atoms with Gasteiger partial charge in [-0.1, -0.05) is 0 Å². The van der Waals surface area contributed by atoms with Crippen LogP contribution in [0.4, 0.5) is 22.0 Å². The van der Waals surface area contributed by atoms with E-state index in [1.807, 2.05) is 0 Å². The molecule has 0 fully saturated rings. The molecular weight excluding hydrogens is 279 g/mol. The van der Waals surface area contributed by atoms with Crippen molar-refractivity contribution in [2.45, 2.75) is 18.0 Å². The minimum absolute atomic E-state index is 0.0436. The van der Waals surface area contributed by atoms with E-state index in [4.69, 9.17) is 11.6 Å². The third-order valence-electron chi connectivity index (χ3n) is 2.08. The van der Waals surface area contributed by atoms with Gasteiger partial charge in [0.2, 0.25) is 0 Å². The summed E-state index contributed by atoms with van der Waals surface area (Å²) in [6.07, 6.45) is -4.45. The number of rotatable bonds is 5. The molecule has 18 heavy (non-hydrogen) atoms. The summed E-state index contributed by atoms with van der Waals surface area (Å²) in [5.41, 5.74) is -0.0905. The third-order valence-corrected chi connectivity index (χ3v) is 2.53. The normalized spacial score (nSPS) is 13.7. The van der Waals surface area contributed by atoms with Crippen LogP contribution in [0.15, 0.2) is 18.2 Å². The molecule has 1 atom stereocenters. The number of hydrogen-bond donors (Lipinski definition) is 0. The molecule has 0 amide bonds. The Morgan fingerprint density at radius 3 is 2.50 bits per heavy atom. The molecule has 0 N–H and O–H groups in total. The lowest BCUT2D eigenvalue weighted by Crippen LogP contribution is -2.17. The summed E-state index contributed by atoms with van der Waals surface area (Å²) in [5.74, 6) is -1.36. The van der Waals surface area contributed by atoms with Crippen molar-refractivity contribution >= 4 is 11.6 Å². The molecule has 0 aliphatic rings. The topological polar surface area (TPSA) is 9.23 Å². The van der Waals surface area contributed by atoms with Gasteiger partial charge in [0.25, 0.3) is 0 Å². The second-order valence-corrected chi connectivity index (χ2v) is 4.12. The highest BCUT2D eigenvalue weighted by atomic mass is 35.5. The summed E-state index contributed by atoms with van der Waals surface area (Å²) in [6, 6.07) is 2.76. The molecule has 0 aromatic heterocycles. The minimum Gasteiger partial charge on any atom is -0.372 e. The molecule has 0 saturated heterocycles. The van der Waals surface area contributed by atoms with Crippen LogP contribution in [0.2, 0.25) is 0 Å². The average Bonchev–Trinajstić information content (AvgIpc) is 2.26. The number of alkyl halides is 4. The van der Waals surface area contributed by atoms with Crippen molar-refractivity contribution in [2.75, 3.05) is 13.2 Å². The standard InChI is InChI=1S/C11H10ClF5O/c12-9(3-4-18-6-11(15,16)17)8-5-7(13)1-2-10(8)14/h1-2,5,9H,3-4,6H2. The lowest BCUT2D eigenvalue weighted by atomic mass is 10.1. The van der Waals surface area contributed by atoms with Crippen molar-refractivity contribution in [2.24, 2.45) is 0 Å². The Morgan fingerprint density at radius 1 is 1.22 bits per heavy atom. The maximum Gasteiger partial charge on any atom is 0.411 e. The first kappa shape index (κ1) is 15.2. The van der Waals surface area contributed by atoms with Crippen molar-refractivity contribution < 1.29 is 26.7 Å². The lowest BCUT2D eigenvalue weighted by Gasteiger charge is -2.12. The molecule has 1 aromatic carbocycles. The SMILES string of the molecule is Fc1ccc(F)c(C(Cl)CCOCC(F)(F)F)c1. The van der Waals surface area contributed by atoms with Crippen LogP contribution >= 0.6 is 11.6 Å². The van der Waals surface area contributed by atoms with Crippen LogP contribution in [-0.4, -0.2) is 19.4 Å². The van der Waals surface area contributed by atoms with Gasteiger partial charge in [0.1, 0.15) is 18.2 Å². The summed E-state index contributed by atoms with van der Waals surface area (Å²) < 4.78 is 65.7. The maximum absolute atomic E-state index is 13.2. The molecule has 0 saturated carbocycles. The molecule has 102 valence electrons. The summed E-state index contributed by atoms with van der Waals surface area (Å²) in [7, 11) is 0. The molecular formula is C11H10ClF5O. The highest BCUT2D eigenvalue weighted by molar-refractivity contribution is 6.20. The zero-order valence-electron chi connectivity index (χ0n) is 9.11. The Kier molecular flexibility index (Phi) is 5.34. The molecule has 0 bridgehead atoms. The molecule has 7 heteroatoms. The monoisotopic (exact) mass is 288 g/mol. The van der Waals surface area contributed by atoms with Gasteiger partial charge in [0.05, 0.1) is 5.38 Å². The van der Waals surface area contributed by atoms with Crippen LogP contribution < -0.4 is 0 Å². The van der Waals surface area contributed by atoms with E-state index in [0.717, 1.165) is 18.2 Å². The van der Waals surface area contributed by atoms with Gasteiger partial charge < -0.3 is 4.74 Å². The summed E-state index contributed by atoms with van der Waals surface area (Å²) >= 11 is 5.77. The second kappa shape index (κ2) is 6.33.